The molecule has 0 saturated carbocycles. The Kier molecular flexibility index (Phi) is 4.71. The van der Waals surface area contributed by atoms with Crippen molar-refractivity contribution in [2.24, 2.45) is 0 Å². The molecule has 0 aliphatic carbocycles. The second-order valence-corrected chi connectivity index (χ2v) is 6.48. The van der Waals surface area contributed by atoms with Gasteiger partial charge in [-0.15, -0.1) is 0 Å². The summed E-state index contributed by atoms with van der Waals surface area (Å²) in [6.07, 6.45) is 1.36. The summed E-state index contributed by atoms with van der Waals surface area (Å²) in [4.78, 5) is 38.0. The van der Waals surface area contributed by atoms with Crippen molar-refractivity contribution in [1.82, 2.24) is 9.47 Å². The molecule has 6 nitrogen and oxygen atoms in total. The van der Waals surface area contributed by atoms with Gasteiger partial charge in [0, 0.05) is 16.2 Å². The maximum Gasteiger partial charge on any atom is 0.308 e. The van der Waals surface area contributed by atoms with Crippen molar-refractivity contribution in [3.05, 3.63) is 58.1 Å². The van der Waals surface area contributed by atoms with Gasteiger partial charge in [0.2, 0.25) is 0 Å². The fourth-order valence-corrected chi connectivity index (χ4v) is 3.11. The van der Waals surface area contributed by atoms with E-state index in [0.29, 0.717) is 4.47 Å². The molecule has 2 amide bonds. The highest BCUT2D eigenvalue weighted by Gasteiger charge is 2.39. The summed E-state index contributed by atoms with van der Waals surface area (Å²) < 4.78 is 20.7. The summed E-state index contributed by atoms with van der Waals surface area (Å²) in [7, 11) is 1.23. The third kappa shape index (κ3) is 3.21. The number of carbonyl (C=O) groups is 3. The molecule has 0 fully saturated rings. The lowest BCUT2D eigenvalue weighted by molar-refractivity contribution is -0.146. The number of carbonyl (C=O) groups excluding carboxylic acids is 3. The maximum absolute atomic E-state index is 14.1. The average molecular weight is 409 g/mol. The third-order valence-electron chi connectivity index (χ3n) is 4.06. The Morgan fingerprint density at radius 1 is 1.32 bits per heavy atom. The molecule has 0 bridgehead atoms. The number of nitrogens with zero attached hydrogens (tertiary/aromatic N) is 2. The van der Waals surface area contributed by atoms with E-state index in [2.05, 4.69) is 20.7 Å². The van der Waals surface area contributed by atoms with Crippen molar-refractivity contribution in [2.45, 2.75) is 19.0 Å². The molecule has 8 heteroatoms. The highest BCUT2D eigenvalue weighted by Crippen LogP contribution is 2.28. The SMILES string of the molecule is COC(=O)CC1C(=O)N(Cc2ccc(Br)cc2F)C(=O)c2cccn21. The zero-order valence-electron chi connectivity index (χ0n) is 13.2. The molecule has 1 aliphatic rings. The first-order chi connectivity index (χ1) is 11.9. The molecular formula is C17H14BrFN2O4. The molecule has 130 valence electrons. The van der Waals surface area contributed by atoms with E-state index < -0.39 is 29.6 Å². The number of methoxy groups -OCH3 is 1. The number of amides is 2. The van der Waals surface area contributed by atoms with Gasteiger partial charge in [-0.05, 0) is 24.3 Å². The van der Waals surface area contributed by atoms with Gasteiger partial charge in [0.05, 0.1) is 20.1 Å². The molecule has 0 spiro atoms. The van der Waals surface area contributed by atoms with E-state index in [-0.39, 0.29) is 24.2 Å². The molecule has 1 unspecified atom stereocenters. The number of hydrogen-bond donors (Lipinski definition) is 0. The first kappa shape index (κ1) is 17.3. The number of rotatable bonds is 4. The van der Waals surface area contributed by atoms with E-state index in [9.17, 15) is 18.8 Å². The van der Waals surface area contributed by atoms with Crippen LogP contribution in [0.25, 0.3) is 0 Å². The molecule has 0 N–H and O–H groups in total. The van der Waals surface area contributed by atoms with Crippen LogP contribution in [0.3, 0.4) is 0 Å². The highest BCUT2D eigenvalue weighted by molar-refractivity contribution is 9.10. The van der Waals surface area contributed by atoms with E-state index >= 15 is 0 Å². The fraction of sp³-hybridized carbons (Fsp3) is 0.235. The Bertz CT molecular complexity index is 864. The molecule has 1 aromatic heterocycles. The van der Waals surface area contributed by atoms with Crippen molar-refractivity contribution >= 4 is 33.7 Å². The van der Waals surface area contributed by atoms with Crippen molar-refractivity contribution in [2.75, 3.05) is 7.11 Å². The largest absolute Gasteiger partial charge is 0.469 e. The van der Waals surface area contributed by atoms with Gasteiger partial charge in [-0.1, -0.05) is 22.0 Å². The number of hydrogen-bond acceptors (Lipinski definition) is 4. The number of ether oxygens (including phenoxy) is 1. The van der Waals surface area contributed by atoms with Gasteiger partial charge < -0.3 is 9.30 Å². The van der Waals surface area contributed by atoms with Crippen molar-refractivity contribution in [3.8, 4) is 0 Å². The number of benzene rings is 1. The van der Waals surface area contributed by atoms with E-state index in [0.717, 1.165) is 4.90 Å². The Labute approximate surface area is 151 Å². The second kappa shape index (κ2) is 6.79. The average Bonchev–Trinajstić information content (AvgIpc) is 3.06. The van der Waals surface area contributed by atoms with Crippen LogP contribution in [0.4, 0.5) is 4.39 Å². The lowest BCUT2D eigenvalue weighted by Gasteiger charge is -2.32. The zero-order chi connectivity index (χ0) is 18.1. The fourth-order valence-electron chi connectivity index (χ4n) is 2.78. The molecule has 1 atom stereocenters. The summed E-state index contributed by atoms with van der Waals surface area (Å²) >= 11 is 3.16. The summed E-state index contributed by atoms with van der Waals surface area (Å²) in [6, 6.07) is 6.68. The molecule has 1 aromatic carbocycles. The monoisotopic (exact) mass is 408 g/mol. The lowest BCUT2D eigenvalue weighted by Crippen LogP contribution is -2.47. The summed E-state index contributed by atoms with van der Waals surface area (Å²) in [5.74, 6) is -2.19. The minimum atomic E-state index is -0.895. The molecule has 1 aliphatic heterocycles. The van der Waals surface area contributed by atoms with Crippen LogP contribution in [0.2, 0.25) is 0 Å². The normalized spacial score (nSPS) is 16.8. The second-order valence-electron chi connectivity index (χ2n) is 5.56. The van der Waals surface area contributed by atoms with Crippen LogP contribution >= 0.6 is 15.9 Å². The summed E-state index contributed by atoms with van der Waals surface area (Å²) in [5, 5.41) is 0. The summed E-state index contributed by atoms with van der Waals surface area (Å²) in [6.45, 7) is -0.209. The number of halogens is 2. The van der Waals surface area contributed by atoms with Crippen LogP contribution in [-0.2, 0) is 20.9 Å². The lowest BCUT2D eigenvalue weighted by atomic mass is 10.1. The standard InChI is InChI=1S/C17H14BrFN2O4/c1-25-15(22)8-14-17(24)21(16(23)13-3-2-6-20(13)14)9-10-4-5-11(18)7-12(10)19/h2-7,14H,8-9H2,1H3. The van der Waals surface area contributed by atoms with Crippen LogP contribution in [-0.4, -0.2) is 34.4 Å². The van der Waals surface area contributed by atoms with Crippen molar-refractivity contribution in [1.29, 1.82) is 0 Å². The van der Waals surface area contributed by atoms with Gasteiger partial charge in [-0.3, -0.25) is 19.3 Å². The first-order valence-electron chi connectivity index (χ1n) is 7.45. The summed E-state index contributed by atoms with van der Waals surface area (Å²) in [5.41, 5.74) is 0.479. The molecule has 2 aromatic rings. The molecule has 0 saturated heterocycles. The van der Waals surface area contributed by atoms with Gasteiger partial charge in [-0.2, -0.15) is 0 Å². The smallest absolute Gasteiger partial charge is 0.308 e. The Morgan fingerprint density at radius 3 is 2.76 bits per heavy atom. The molecular weight excluding hydrogens is 395 g/mol. The van der Waals surface area contributed by atoms with Crippen molar-refractivity contribution in [3.63, 3.8) is 0 Å². The Morgan fingerprint density at radius 2 is 2.08 bits per heavy atom. The predicted octanol–water partition coefficient (Wildman–Crippen LogP) is 2.68. The number of fused-ring (bicyclic) bond motifs is 1. The van der Waals surface area contributed by atoms with E-state index in [1.54, 1.807) is 24.4 Å². The Hall–Kier alpha value is -2.48. The minimum Gasteiger partial charge on any atom is -0.469 e. The van der Waals surface area contributed by atoms with Gasteiger partial charge in [0.1, 0.15) is 17.6 Å². The van der Waals surface area contributed by atoms with E-state index in [4.69, 9.17) is 0 Å². The van der Waals surface area contributed by atoms with E-state index in [1.807, 2.05) is 0 Å². The molecule has 3 rings (SSSR count). The van der Waals surface area contributed by atoms with E-state index in [1.165, 1.54) is 23.8 Å². The minimum absolute atomic E-state index is 0.205. The Balaban J connectivity index is 1.95. The topological polar surface area (TPSA) is 68.6 Å². The van der Waals surface area contributed by atoms with Crippen molar-refractivity contribution < 1.29 is 23.5 Å². The third-order valence-corrected chi connectivity index (χ3v) is 4.55. The number of esters is 1. The van der Waals surface area contributed by atoms with Crippen LogP contribution in [0, 0.1) is 5.82 Å². The zero-order valence-corrected chi connectivity index (χ0v) is 14.8. The van der Waals surface area contributed by atoms with Gasteiger partial charge in [0.15, 0.2) is 0 Å². The first-order valence-corrected chi connectivity index (χ1v) is 8.25. The number of imide groups is 1. The van der Waals surface area contributed by atoms with Gasteiger partial charge >= 0.3 is 5.97 Å². The molecule has 2 heterocycles. The van der Waals surface area contributed by atoms with Gasteiger partial charge in [-0.25, -0.2) is 4.39 Å². The number of aromatic nitrogens is 1. The highest BCUT2D eigenvalue weighted by atomic mass is 79.9. The van der Waals surface area contributed by atoms with Gasteiger partial charge in [0.25, 0.3) is 11.8 Å². The van der Waals surface area contributed by atoms with Crippen LogP contribution in [0.5, 0.6) is 0 Å². The van der Waals surface area contributed by atoms with Crippen LogP contribution in [0.1, 0.15) is 28.5 Å². The molecule has 0 radical (unpaired) electrons. The maximum atomic E-state index is 14.1. The predicted molar refractivity (Wildman–Crippen MR) is 89.1 cm³/mol. The van der Waals surface area contributed by atoms with Crippen LogP contribution in [0.15, 0.2) is 41.0 Å². The molecule has 25 heavy (non-hydrogen) atoms. The quantitative estimate of drug-likeness (QED) is 0.575. The van der Waals surface area contributed by atoms with Crippen LogP contribution < -0.4 is 0 Å².